The molecule has 5 heteroatoms. The fourth-order valence-electron chi connectivity index (χ4n) is 3.97. The van der Waals surface area contributed by atoms with Crippen molar-refractivity contribution in [1.82, 2.24) is 0 Å². The largest absolute Gasteiger partial charge is 0.507 e. The number of rotatable bonds is 4. The molecule has 31 heavy (non-hydrogen) atoms. The smallest absolute Gasteiger partial charge is 0.300 e. The third kappa shape index (κ3) is 3.48. The summed E-state index contributed by atoms with van der Waals surface area (Å²) in [7, 11) is 1.54. The Labute approximate surface area is 181 Å². The summed E-state index contributed by atoms with van der Waals surface area (Å²) in [4.78, 5) is 27.9. The highest BCUT2D eigenvalue weighted by Gasteiger charge is 2.48. The van der Waals surface area contributed by atoms with Crippen molar-refractivity contribution in [3.8, 4) is 5.75 Å². The molecule has 1 aliphatic rings. The topological polar surface area (TPSA) is 66.8 Å². The van der Waals surface area contributed by atoms with Crippen LogP contribution in [0.15, 0.2) is 78.4 Å². The van der Waals surface area contributed by atoms with Crippen molar-refractivity contribution in [3.63, 3.8) is 0 Å². The van der Waals surface area contributed by atoms with Crippen LogP contribution in [0, 0.1) is 13.8 Å². The second-order valence-electron chi connectivity index (χ2n) is 7.56. The number of aliphatic hydroxyl groups is 1. The summed E-state index contributed by atoms with van der Waals surface area (Å²) >= 11 is 0. The highest BCUT2D eigenvalue weighted by molar-refractivity contribution is 6.51. The van der Waals surface area contributed by atoms with Crippen LogP contribution in [-0.4, -0.2) is 23.9 Å². The van der Waals surface area contributed by atoms with Gasteiger partial charge in [-0.2, -0.15) is 0 Å². The lowest BCUT2D eigenvalue weighted by molar-refractivity contribution is -0.132. The predicted octanol–water partition coefficient (Wildman–Crippen LogP) is 4.94. The zero-order valence-electron chi connectivity index (χ0n) is 17.6. The van der Waals surface area contributed by atoms with E-state index in [1.165, 1.54) is 4.90 Å². The number of hydrogen-bond donors (Lipinski definition) is 1. The van der Waals surface area contributed by atoms with Crippen LogP contribution in [0.5, 0.6) is 5.75 Å². The highest BCUT2D eigenvalue weighted by atomic mass is 16.5. The Morgan fingerprint density at radius 2 is 1.55 bits per heavy atom. The van der Waals surface area contributed by atoms with Gasteiger partial charge in [0.1, 0.15) is 11.5 Å². The number of para-hydroxylation sites is 2. The van der Waals surface area contributed by atoms with Crippen LogP contribution in [0.3, 0.4) is 0 Å². The summed E-state index contributed by atoms with van der Waals surface area (Å²) in [6.07, 6.45) is 0. The number of aryl methyl sites for hydroxylation is 2. The van der Waals surface area contributed by atoms with E-state index < -0.39 is 17.7 Å². The lowest BCUT2D eigenvalue weighted by atomic mass is 9.94. The number of ether oxygens (including phenoxy) is 1. The number of anilines is 1. The Morgan fingerprint density at radius 3 is 2.23 bits per heavy atom. The van der Waals surface area contributed by atoms with Gasteiger partial charge < -0.3 is 9.84 Å². The van der Waals surface area contributed by atoms with Crippen LogP contribution in [0.25, 0.3) is 5.76 Å². The number of amides is 1. The van der Waals surface area contributed by atoms with Crippen molar-refractivity contribution in [3.05, 3.63) is 101 Å². The number of carbonyl (C=O) groups excluding carboxylic acids is 2. The number of hydrogen-bond acceptors (Lipinski definition) is 4. The normalized spacial score (nSPS) is 17.8. The molecule has 1 unspecified atom stereocenters. The SMILES string of the molecule is COc1ccccc1C1/C(=C(\O)c2ccc(C)cc2)C(=O)C(=O)N1c1ccccc1C. The van der Waals surface area contributed by atoms with Gasteiger partial charge in [0, 0.05) is 16.8 Å². The summed E-state index contributed by atoms with van der Waals surface area (Å²) in [5, 5.41) is 11.2. The predicted molar refractivity (Wildman–Crippen MR) is 120 cm³/mol. The highest BCUT2D eigenvalue weighted by Crippen LogP contribution is 2.45. The molecule has 0 saturated carbocycles. The molecule has 4 rings (SSSR count). The Morgan fingerprint density at radius 1 is 0.903 bits per heavy atom. The van der Waals surface area contributed by atoms with Crippen molar-refractivity contribution in [2.75, 3.05) is 12.0 Å². The maximum Gasteiger partial charge on any atom is 0.300 e. The van der Waals surface area contributed by atoms with Crippen LogP contribution in [0.2, 0.25) is 0 Å². The molecule has 1 aliphatic heterocycles. The summed E-state index contributed by atoms with van der Waals surface area (Å²) in [6.45, 7) is 3.82. The molecular weight excluding hydrogens is 390 g/mol. The standard InChI is InChI=1S/C26H23NO4/c1-16-12-14-18(15-13-16)24(28)22-23(19-9-5-7-11-21(19)31-3)27(26(30)25(22)29)20-10-6-4-8-17(20)2/h4-15,23,28H,1-3H3/b24-22+. The molecule has 1 saturated heterocycles. The first kappa shape index (κ1) is 20.4. The van der Waals surface area contributed by atoms with E-state index in [1.807, 2.05) is 62.4 Å². The van der Waals surface area contributed by atoms with Crippen LogP contribution >= 0.6 is 0 Å². The van der Waals surface area contributed by atoms with E-state index in [2.05, 4.69) is 0 Å². The fourth-order valence-corrected chi connectivity index (χ4v) is 3.97. The van der Waals surface area contributed by atoms with Crippen LogP contribution in [0.1, 0.15) is 28.3 Å². The van der Waals surface area contributed by atoms with Gasteiger partial charge in [0.15, 0.2) is 0 Å². The van der Waals surface area contributed by atoms with E-state index in [-0.39, 0.29) is 11.3 Å². The molecular formula is C26H23NO4. The number of carbonyl (C=O) groups is 2. The van der Waals surface area contributed by atoms with Crippen molar-refractivity contribution >= 4 is 23.1 Å². The first-order valence-corrected chi connectivity index (χ1v) is 10.0. The summed E-state index contributed by atoms with van der Waals surface area (Å²) in [5.41, 5.74) is 3.64. The van der Waals surface area contributed by atoms with Gasteiger partial charge in [-0.3, -0.25) is 14.5 Å². The van der Waals surface area contributed by atoms with Crippen LogP contribution < -0.4 is 9.64 Å². The average Bonchev–Trinajstić information content (AvgIpc) is 3.04. The first-order valence-electron chi connectivity index (χ1n) is 10.0. The Bertz CT molecular complexity index is 1190. The molecule has 3 aromatic rings. The van der Waals surface area contributed by atoms with Gasteiger partial charge in [-0.05, 0) is 31.5 Å². The minimum Gasteiger partial charge on any atom is -0.507 e. The summed E-state index contributed by atoms with van der Waals surface area (Å²) < 4.78 is 5.54. The van der Waals surface area contributed by atoms with Gasteiger partial charge in [0.05, 0.1) is 18.7 Å². The minimum atomic E-state index is -0.821. The monoisotopic (exact) mass is 413 g/mol. The van der Waals surface area contributed by atoms with E-state index in [1.54, 1.807) is 31.4 Å². The molecule has 1 amide bonds. The molecule has 0 aromatic heterocycles. The Kier molecular flexibility index (Phi) is 5.34. The average molecular weight is 413 g/mol. The zero-order valence-corrected chi connectivity index (χ0v) is 17.6. The molecule has 0 bridgehead atoms. The van der Waals surface area contributed by atoms with Crippen molar-refractivity contribution in [1.29, 1.82) is 0 Å². The third-order valence-corrected chi connectivity index (χ3v) is 5.58. The van der Waals surface area contributed by atoms with Crippen molar-refractivity contribution < 1.29 is 19.4 Å². The Hall–Kier alpha value is -3.86. The van der Waals surface area contributed by atoms with Gasteiger partial charge >= 0.3 is 0 Å². The number of benzene rings is 3. The quantitative estimate of drug-likeness (QED) is 0.374. The minimum absolute atomic E-state index is 0.0432. The lowest BCUT2D eigenvalue weighted by Crippen LogP contribution is -2.30. The van der Waals surface area contributed by atoms with Gasteiger partial charge in [-0.15, -0.1) is 0 Å². The van der Waals surface area contributed by atoms with Gasteiger partial charge in [-0.1, -0.05) is 66.2 Å². The Balaban J connectivity index is 2.00. The molecule has 5 nitrogen and oxygen atoms in total. The first-order chi connectivity index (χ1) is 14.9. The van der Waals surface area contributed by atoms with Gasteiger partial charge in [0.2, 0.25) is 0 Å². The number of ketones is 1. The zero-order chi connectivity index (χ0) is 22.1. The van der Waals surface area contributed by atoms with Gasteiger partial charge in [0.25, 0.3) is 11.7 Å². The van der Waals surface area contributed by atoms with Crippen LogP contribution in [-0.2, 0) is 9.59 Å². The fraction of sp³-hybridized carbons (Fsp3) is 0.154. The molecule has 1 N–H and O–H groups in total. The summed E-state index contributed by atoms with van der Waals surface area (Å²) in [5.74, 6) is -1.08. The van der Waals surface area contributed by atoms with Crippen molar-refractivity contribution in [2.45, 2.75) is 19.9 Å². The van der Waals surface area contributed by atoms with E-state index >= 15 is 0 Å². The third-order valence-electron chi connectivity index (χ3n) is 5.58. The van der Waals surface area contributed by atoms with E-state index in [9.17, 15) is 14.7 Å². The maximum atomic E-state index is 13.2. The number of Topliss-reactive ketones (excluding diaryl/α,β-unsaturated/α-hetero) is 1. The number of aliphatic hydroxyl groups excluding tert-OH is 1. The molecule has 1 heterocycles. The number of methoxy groups -OCH3 is 1. The van der Waals surface area contributed by atoms with Gasteiger partial charge in [-0.25, -0.2) is 0 Å². The lowest BCUT2D eigenvalue weighted by Gasteiger charge is -2.27. The van der Waals surface area contributed by atoms with E-state index in [4.69, 9.17) is 4.74 Å². The van der Waals surface area contributed by atoms with Crippen molar-refractivity contribution in [2.24, 2.45) is 0 Å². The molecule has 3 aromatic carbocycles. The van der Waals surface area contributed by atoms with E-state index in [0.29, 0.717) is 22.6 Å². The summed E-state index contributed by atoms with van der Waals surface area (Å²) in [6, 6.07) is 21.0. The molecule has 0 aliphatic carbocycles. The maximum absolute atomic E-state index is 13.2. The van der Waals surface area contributed by atoms with Crippen LogP contribution in [0.4, 0.5) is 5.69 Å². The molecule has 1 atom stereocenters. The number of nitrogens with zero attached hydrogens (tertiary/aromatic N) is 1. The molecule has 1 fully saturated rings. The molecule has 156 valence electrons. The molecule has 0 spiro atoms. The van der Waals surface area contributed by atoms with E-state index in [0.717, 1.165) is 11.1 Å². The molecule has 0 radical (unpaired) electrons. The second kappa shape index (κ2) is 8.11. The second-order valence-corrected chi connectivity index (χ2v) is 7.56.